The molecule has 0 radical (unpaired) electrons. The highest BCUT2D eigenvalue weighted by Crippen LogP contribution is 2.32. The minimum absolute atomic E-state index is 0.0794. The molecule has 6 rings (SSSR count). The zero-order chi connectivity index (χ0) is 32.3. The van der Waals surface area contributed by atoms with Crippen LogP contribution in [0.1, 0.15) is 41.3 Å². The summed E-state index contributed by atoms with van der Waals surface area (Å²) in [6.07, 6.45) is 2.47. The zero-order valence-corrected chi connectivity index (χ0v) is 25.6. The lowest BCUT2D eigenvalue weighted by Gasteiger charge is -2.34. The van der Waals surface area contributed by atoms with Gasteiger partial charge in [-0.15, -0.1) is 0 Å². The van der Waals surface area contributed by atoms with Crippen LogP contribution in [0.2, 0.25) is 0 Å². The number of ether oxygens (including phenoxy) is 1. The average Bonchev–Trinajstić information content (AvgIpc) is 3.74. The molecule has 1 saturated heterocycles. The van der Waals surface area contributed by atoms with E-state index in [1.807, 2.05) is 6.07 Å². The Morgan fingerprint density at radius 3 is 2.43 bits per heavy atom. The minimum atomic E-state index is -4.60. The highest BCUT2D eigenvalue weighted by Gasteiger charge is 2.32. The maximum absolute atomic E-state index is 13.9. The van der Waals surface area contributed by atoms with Crippen LogP contribution < -0.4 is 20.7 Å². The highest BCUT2D eigenvalue weighted by atomic mass is 19.4. The van der Waals surface area contributed by atoms with Crippen LogP contribution in [0.15, 0.2) is 61.2 Å². The predicted molar refractivity (Wildman–Crippen MR) is 169 cm³/mol. The van der Waals surface area contributed by atoms with Gasteiger partial charge in [-0.05, 0) is 49.2 Å². The van der Waals surface area contributed by atoms with Crippen molar-refractivity contribution in [3.8, 4) is 11.6 Å². The van der Waals surface area contributed by atoms with Crippen LogP contribution in [-0.2, 0) is 12.7 Å². The topological polar surface area (TPSA) is 112 Å². The molecule has 1 aliphatic heterocycles. The summed E-state index contributed by atoms with van der Waals surface area (Å²) in [6, 6.07) is 10.8. The Kier molecular flexibility index (Phi) is 9.08. The number of alkyl halides is 3. The van der Waals surface area contributed by atoms with E-state index >= 15 is 0 Å². The summed E-state index contributed by atoms with van der Waals surface area (Å²) in [5.41, 5.74) is 0.359. The number of aromatic nitrogens is 4. The number of likely N-dealkylation sites (N-methyl/N-ethyl adjacent to an activating group) is 1. The lowest BCUT2D eigenvalue weighted by Crippen LogP contribution is -2.45. The second-order valence-corrected chi connectivity index (χ2v) is 11.5. The number of amides is 1. The third-order valence-electron chi connectivity index (χ3n) is 8.03. The molecule has 242 valence electrons. The molecule has 0 atom stereocenters. The van der Waals surface area contributed by atoms with Crippen molar-refractivity contribution in [2.24, 2.45) is 0 Å². The number of piperazine rings is 1. The Bertz CT molecular complexity index is 1680. The molecule has 3 heterocycles. The van der Waals surface area contributed by atoms with Gasteiger partial charge < -0.3 is 25.6 Å². The molecule has 14 heteroatoms. The summed E-state index contributed by atoms with van der Waals surface area (Å²) in [7, 11) is 1.49. The third kappa shape index (κ3) is 7.74. The van der Waals surface area contributed by atoms with Crippen LogP contribution in [0, 0.1) is 0 Å². The second-order valence-electron chi connectivity index (χ2n) is 11.5. The van der Waals surface area contributed by atoms with Crippen LogP contribution >= 0.6 is 0 Å². The summed E-state index contributed by atoms with van der Waals surface area (Å²) in [4.78, 5) is 30.9. The van der Waals surface area contributed by atoms with Crippen LogP contribution in [0.4, 0.5) is 36.3 Å². The Morgan fingerprint density at radius 1 is 0.957 bits per heavy atom. The molecule has 2 aliphatic rings. The Labute approximate surface area is 264 Å². The van der Waals surface area contributed by atoms with Crippen LogP contribution in [0.25, 0.3) is 5.82 Å². The maximum atomic E-state index is 13.9. The van der Waals surface area contributed by atoms with Crippen molar-refractivity contribution in [3.63, 3.8) is 0 Å². The van der Waals surface area contributed by atoms with Gasteiger partial charge in [0.1, 0.15) is 23.7 Å². The predicted octanol–water partition coefficient (Wildman–Crippen LogP) is 5.40. The van der Waals surface area contributed by atoms with Crippen LogP contribution in [-0.4, -0.2) is 81.1 Å². The van der Waals surface area contributed by atoms with Gasteiger partial charge in [0.05, 0.1) is 12.7 Å². The van der Waals surface area contributed by atoms with Gasteiger partial charge in [0.15, 0.2) is 0 Å². The van der Waals surface area contributed by atoms with E-state index < -0.39 is 17.6 Å². The molecule has 11 nitrogen and oxygen atoms in total. The largest absolute Gasteiger partial charge is 0.497 e. The van der Waals surface area contributed by atoms with Crippen molar-refractivity contribution in [1.82, 2.24) is 29.3 Å². The van der Waals surface area contributed by atoms with Crippen molar-refractivity contribution >= 4 is 29.0 Å². The van der Waals surface area contributed by atoms with Gasteiger partial charge in [0.2, 0.25) is 5.95 Å². The van der Waals surface area contributed by atoms with Crippen LogP contribution in [0.5, 0.6) is 5.75 Å². The molecule has 2 aromatic carbocycles. The molecule has 0 bridgehead atoms. The number of nitrogens with zero attached hydrogens (tertiary/aromatic N) is 6. The lowest BCUT2D eigenvalue weighted by molar-refractivity contribution is -0.137. The van der Waals surface area contributed by atoms with Gasteiger partial charge in [0, 0.05) is 86.3 Å². The molecule has 1 aliphatic carbocycles. The monoisotopic (exact) mass is 635 g/mol. The fourth-order valence-electron chi connectivity index (χ4n) is 5.37. The smallest absolute Gasteiger partial charge is 0.416 e. The van der Waals surface area contributed by atoms with Crippen molar-refractivity contribution in [1.29, 1.82) is 0 Å². The number of carbonyl (C=O) groups excluding carboxylic acids is 1. The standard InChI is InChI=1S/C32H36F3N9O2/c1-3-42-8-10-43(11-9-42)19-21-12-22(14-23(13-21)32(33,34)35)30(45)40-25-15-26(17-27(16-25)46-2)41-31-36-6-7-44(31)29-18-28(37-20-38-29)39-24-4-5-24/h6-7,12-18,20,24H,3-5,8-11,19H2,1-2H3,(H,36,41)(H,40,45)(H,37,38,39). The van der Waals surface area contributed by atoms with E-state index in [4.69, 9.17) is 4.74 Å². The molecule has 2 fully saturated rings. The fraction of sp³-hybridized carbons (Fsp3) is 0.375. The van der Waals surface area contributed by atoms with E-state index in [1.54, 1.807) is 35.2 Å². The lowest BCUT2D eigenvalue weighted by atomic mass is 10.0. The molecule has 4 aromatic rings. The van der Waals surface area contributed by atoms with Crippen molar-refractivity contribution in [2.75, 3.05) is 55.8 Å². The van der Waals surface area contributed by atoms with E-state index in [0.717, 1.165) is 63.5 Å². The number of hydrogen-bond acceptors (Lipinski definition) is 9. The van der Waals surface area contributed by atoms with Crippen molar-refractivity contribution in [2.45, 2.75) is 38.5 Å². The first-order chi connectivity index (χ1) is 22.2. The van der Waals surface area contributed by atoms with E-state index in [2.05, 4.69) is 47.6 Å². The molecule has 46 heavy (non-hydrogen) atoms. The van der Waals surface area contributed by atoms with Gasteiger partial charge in [-0.3, -0.25) is 14.3 Å². The zero-order valence-electron chi connectivity index (χ0n) is 25.6. The number of hydrogen-bond donors (Lipinski definition) is 3. The fourth-order valence-corrected chi connectivity index (χ4v) is 5.37. The maximum Gasteiger partial charge on any atom is 0.416 e. The first kappa shape index (κ1) is 31.3. The molecular formula is C32H36F3N9O2. The quantitative estimate of drug-likeness (QED) is 0.200. The first-order valence-corrected chi connectivity index (χ1v) is 15.2. The summed E-state index contributed by atoms with van der Waals surface area (Å²) >= 11 is 0. The third-order valence-corrected chi connectivity index (χ3v) is 8.03. The Balaban J connectivity index is 1.21. The number of carbonyl (C=O) groups is 1. The Hall–Kier alpha value is -4.69. The summed E-state index contributed by atoms with van der Waals surface area (Å²) in [5.74, 6) is 1.52. The molecule has 2 aromatic heterocycles. The summed E-state index contributed by atoms with van der Waals surface area (Å²) < 4.78 is 48.9. The summed E-state index contributed by atoms with van der Waals surface area (Å²) in [6.45, 7) is 6.56. The Morgan fingerprint density at radius 2 is 1.72 bits per heavy atom. The van der Waals surface area contributed by atoms with Gasteiger partial charge in [-0.1, -0.05) is 6.92 Å². The van der Waals surface area contributed by atoms with Crippen LogP contribution in [0.3, 0.4) is 0 Å². The molecule has 1 amide bonds. The number of methoxy groups -OCH3 is 1. The van der Waals surface area contributed by atoms with E-state index in [0.29, 0.717) is 47.0 Å². The minimum Gasteiger partial charge on any atom is -0.497 e. The van der Waals surface area contributed by atoms with Crippen molar-refractivity contribution in [3.05, 3.63) is 77.9 Å². The molecule has 0 unspecified atom stereocenters. The van der Waals surface area contributed by atoms with Gasteiger partial charge >= 0.3 is 6.18 Å². The van der Waals surface area contributed by atoms with E-state index in [9.17, 15) is 18.0 Å². The SMILES string of the molecule is CCN1CCN(Cc2cc(C(=O)Nc3cc(Nc4nccn4-c4cc(NC5CC5)ncn4)cc(OC)c3)cc(C(F)(F)F)c2)CC1. The first-order valence-electron chi connectivity index (χ1n) is 15.2. The second kappa shape index (κ2) is 13.3. The van der Waals surface area contributed by atoms with E-state index in [1.165, 1.54) is 19.5 Å². The molecule has 0 spiro atoms. The number of halogens is 3. The molecule has 3 N–H and O–H groups in total. The number of anilines is 4. The normalized spacial score (nSPS) is 15.8. The number of rotatable bonds is 11. The van der Waals surface area contributed by atoms with Gasteiger partial charge in [-0.25, -0.2) is 15.0 Å². The average molecular weight is 636 g/mol. The number of nitrogens with one attached hydrogen (secondary N) is 3. The highest BCUT2D eigenvalue weighted by molar-refractivity contribution is 6.05. The van der Waals surface area contributed by atoms with E-state index in [-0.39, 0.29) is 5.56 Å². The van der Waals surface area contributed by atoms with Crippen molar-refractivity contribution < 1.29 is 22.7 Å². The molecule has 1 saturated carbocycles. The number of imidazole rings is 1. The van der Waals surface area contributed by atoms with Gasteiger partial charge in [0.25, 0.3) is 5.91 Å². The van der Waals surface area contributed by atoms with Gasteiger partial charge in [-0.2, -0.15) is 13.2 Å². The molecular weight excluding hydrogens is 599 g/mol. The number of benzene rings is 2. The summed E-state index contributed by atoms with van der Waals surface area (Å²) in [5, 5.41) is 9.33.